The topological polar surface area (TPSA) is 65.4 Å². The van der Waals surface area contributed by atoms with Gasteiger partial charge in [0.15, 0.2) is 0 Å². The van der Waals surface area contributed by atoms with E-state index in [9.17, 15) is 4.79 Å². The number of ether oxygens (including phenoxy) is 1. The van der Waals surface area contributed by atoms with Crippen molar-refractivity contribution in [1.29, 1.82) is 5.26 Å². The Bertz CT molecular complexity index is 456. The molecule has 1 rings (SSSR count). The Labute approximate surface area is 126 Å². The van der Waals surface area contributed by atoms with Crippen LogP contribution in [0.15, 0.2) is 30.3 Å². The van der Waals surface area contributed by atoms with E-state index >= 15 is 0 Å². The van der Waals surface area contributed by atoms with Crippen LogP contribution in [0.3, 0.4) is 0 Å². The van der Waals surface area contributed by atoms with E-state index in [1.54, 1.807) is 7.11 Å². The molecule has 1 N–H and O–H groups in total. The van der Waals surface area contributed by atoms with E-state index < -0.39 is 0 Å². The molecule has 1 aromatic carbocycles. The normalized spacial score (nSPS) is 11.5. The van der Waals surface area contributed by atoms with Gasteiger partial charge in [-0.1, -0.05) is 18.2 Å². The molecule has 0 aliphatic rings. The van der Waals surface area contributed by atoms with Gasteiger partial charge >= 0.3 is 0 Å². The number of carbonyl (C=O) groups is 1. The van der Waals surface area contributed by atoms with Crippen molar-refractivity contribution in [3.05, 3.63) is 30.3 Å². The number of nitrogens with zero attached hydrogens (tertiary/aromatic N) is 2. The van der Waals surface area contributed by atoms with Crippen molar-refractivity contribution in [3.8, 4) is 6.07 Å². The smallest absolute Gasteiger partial charge is 0.242 e. The van der Waals surface area contributed by atoms with Gasteiger partial charge in [-0.3, -0.25) is 4.79 Å². The number of carbonyl (C=O) groups excluding carboxylic acids is 1. The zero-order chi connectivity index (χ0) is 15.5. The van der Waals surface area contributed by atoms with E-state index in [0.29, 0.717) is 26.1 Å². The van der Waals surface area contributed by atoms with Crippen LogP contribution in [0.5, 0.6) is 0 Å². The summed E-state index contributed by atoms with van der Waals surface area (Å²) < 4.78 is 4.96. The lowest BCUT2D eigenvalue weighted by molar-refractivity contribution is -0.122. The number of hydrogen-bond acceptors (Lipinski definition) is 4. The number of methoxy groups -OCH3 is 1. The van der Waals surface area contributed by atoms with Gasteiger partial charge in [-0.2, -0.15) is 5.26 Å². The Hall–Kier alpha value is -2.06. The van der Waals surface area contributed by atoms with E-state index in [0.717, 1.165) is 12.1 Å². The maximum atomic E-state index is 12.2. The lowest BCUT2D eigenvalue weighted by Gasteiger charge is -2.29. The highest BCUT2D eigenvalue weighted by molar-refractivity contribution is 5.84. The molecule has 5 heteroatoms. The van der Waals surface area contributed by atoms with Gasteiger partial charge in [-0.05, 0) is 25.5 Å². The second kappa shape index (κ2) is 9.78. The monoisotopic (exact) mass is 289 g/mol. The molecule has 0 aliphatic carbocycles. The highest BCUT2D eigenvalue weighted by Crippen LogP contribution is 2.17. The number of para-hydroxylation sites is 1. The number of nitrogens with one attached hydrogen (secondary N) is 1. The van der Waals surface area contributed by atoms with Crippen molar-refractivity contribution in [2.75, 3.05) is 31.7 Å². The van der Waals surface area contributed by atoms with Gasteiger partial charge in [0.2, 0.25) is 5.91 Å². The molecule has 1 amide bonds. The SMILES string of the molecule is COCCCNC(=O)C(C)N(CCC#N)c1ccccc1. The second-order valence-electron chi connectivity index (χ2n) is 4.75. The Morgan fingerprint density at radius 1 is 1.43 bits per heavy atom. The number of rotatable bonds is 9. The van der Waals surface area contributed by atoms with Crippen LogP contribution in [0, 0.1) is 11.3 Å². The summed E-state index contributed by atoms with van der Waals surface area (Å²) in [5.74, 6) is -0.0344. The van der Waals surface area contributed by atoms with Crippen molar-refractivity contribution >= 4 is 11.6 Å². The van der Waals surface area contributed by atoms with Crippen LogP contribution in [0.2, 0.25) is 0 Å². The van der Waals surface area contributed by atoms with Gasteiger partial charge in [-0.25, -0.2) is 0 Å². The molecule has 0 radical (unpaired) electrons. The Kier molecular flexibility index (Phi) is 7.92. The van der Waals surface area contributed by atoms with Crippen molar-refractivity contribution < 1.29 is 9.53 Å². The van der Waals surface area contributed by atoms with Crippen molar-refractivity contribution in [2.45, 2.75) is 25.8 Å². The summed E-state index contributed by atoms with van der Waals surface area (Å²) in [6.45, 7) is 3.62. The minimum absolute atomic E-state index is 0.0344. The number of nitriles is 1. The average molecular weight is 289 g/mol. The zero-order valence-corrected chi connectivity index (χ0v) is 12.7. The molecule has 0 heterocycles. The van der Waals surface area contributed by atoms with Gasteiger partial charge in [0.1, 0.15) is 6.04 Å². The van der Waals surface area contributed by atoms with Crippen molar-refractivity contribution in [2.24, 2.45) is 0 Å². The number of anilines is 1. The summed E-state index contributed by atoms with van der Waals surface area (Å²) in [6, 6.07) is 11.5. The molecule has 0 aliphatic heterocycles. The fourth-order valence-corrected chi connectivity index (χ4v) is 2.05. The Morgan fingerprint density at radius 2 is 2.14 bits per heavy atom. The van der Waals surface area contributed by atoms with Crippen LogP contribution < -0.4 is 10.2 Å². The molecule has 0 spiro atoms. The third-order valence-electron chi connectivity index (χ3n) is 3.22. The first kappa shape index (κ1) is 17.0. The van der Waals surface area contributed by atoms with Crippen LogP contribution >= 0.6 is 0 Å². The van der Waals surface area contributed by atoms with E-state index in [1.165, 1.54) is 0 Å². The minimum Gasteiger partial charge on any atom is -0.385 e. The zero-order valence-electron chi connectivity index (χ0n) is 12.7. The first-order valence-electron chi connectivity index (χ1n) is 7.16. The van der Waals surface area contributed by atoms with Gasteiger partial charge in [0.05, 0.1) is 12.5 Å². The quantitative estimate of drug-likeness (QED) is 0.706. The highest BCUT2D eigenvalue weighted by atomic mass is 16.5. The predicted molar refractivity (Wildman–Crippen MR) is 83.0 cm³/mol. The first-order valence-corrected chi connectivity index (χ1v) is 7.16. The van der Waals surface area contributed by atoms with Crippen molar-refractivity contribution in [1.82, 2.24) is 5.32 Å². The molecule has 1 atom stereocenters. The molecule has 0 fully saturated rings. The van der Waals surface area contributed by atoms with Crippen LogP contribution in [0.4, 0.5) is 5.69 Å². The third kappa shape index (κ3) is 5.84. The molecule has 1 aromatic rings. The molecule has 0 aromatic heterocycles. The minimum atomic E-state index is -0.316. The maximum Gasteiger partial charge on any atom is 0.242 e. The fourth-order valence-electron chi connectivity index (χ4n) is 2.05. The second-order valence-corrected chi connectivity index (χ2v) is 4.75. The van der Waals surface area contributed by atoms with E-state index in [4.69, 9.17) is 10.00 Å². The van der Waals surface area contributed by atoms with Crippen LogP contribution in [-0.2, 0) is 9.53 Å². The molecule has 114 valence electrons. The van der Waals surface area contributed by atoms with Crippen LogP contribution in [0.25, 0.3) is 0 Å². The van der Waals surface area contributed by atoms with Gasteiger partial charge in [-0.15, -0.1) is 0 Å². The first-order chi connectivity index (χ1) is 10.2. The molecule has 21 heavy (non-hydrogen) atoms. The predicted octanol–water partition coefficient (Wildman–Crippen LogP) is 1.95. The fraction of sp³-hybridized carbons (Fsp3) is 0.500. The maximum absolute atomic E-state index is 12.2. The third-order valence-corrected chi connectivity index (χ3v) is 3.22. The summed E-state index contributed by atoms with van der Waals surface area (Å²) in [5.41, 5.74) is 0.951. The average Bonchev–Trinajstić information content (AvgIpc) is 2.52. The molecule has 0 saturated carbocycles. The Morgan fingerprint density at radius 3 is 2.76 bits per heavy atom. The molecular weight excluding hydrogens is 266 g/mol. The summed E-state index contributed by atoms with van der Waals surface area (Å²) in [6.07, 6.45) is 1.18. The molecule has 5 nitrogen and oxygen atoms in total. The Balaban J connectivity index is 2.65. The summed E-state index contributed by atoms with van der Waals surface area (Å²) in [5, 5.41) is 11.7. The van der Waals surface area contributed by atoms with Crippen LogP contribution in [0.1, 0.15) is 19.8 Å². The van der Waals surface area contributed by atoms with Gasteiger partial charge in [0, 0.05) is 32.5 Å². The van der Waals surface area contributed by atoms with Gasteiger partial charge in [0.25, 0.3) is 0 Å². The van der Waals surface area contributed by atoms with E-state index in [1.807, 2.05) is 42.2 Å². The summed E-state index contributed by atoms with van der Waals surface area (Å²) in [7, 11) is 1.64. The lowest BCUT2D eigenvalue weighted by Crippen LogP contribution is -2.46. The van der Waals surface area contributed by atoms with Gasteiger partial charge < -0.3 is 15.0 Å². The number of benzene rings is 1. The van der Waals surface area contributed by atoms with E-state index in [-0.39, 0.29) is 11.9 Å². The number of hydrogen-bond donors (Lipinski definition) is 1. The lowest BCUT2D eigenvalue weighted by atomic mass is 10.2. The molecule has 0 saturated heterocycles. The largest absolute Gasteiger partial charge is 0.385 e. The van der Waals surface area contributed by atoms with E-state index in [2.05, 4.69) is 11.4 Å². The molecular formula is C16H23N3O2. The number of amides is 1. The molecule has 1 unspecified atom stereocenters. The van der Waals surface area contributed by atoms with Crippen LogP contribution in [-0.4, -0.2) is 38.8 Å². The summed E-state index contributed by atoms with van der Waals surface area (Å²) >= 11 is 0. The summed E-state index contributed by atoms with van der Waals surface area (Å²) in [4.78, 5) is 14.2. The van der Waals surface area contributed by atoms with Crippen molar-refractivity contribution in [3.63, 3.8) is 0 Å². The standard InChI is InChI=1S/C16H23N3O2/c1-14(16(20)18-11-7-13-21-2)19(12-6-10-17)15-8-4-3-5-9-15/h3-5,8-9,14H,6-7,11-13H2,1-2H3,(H,18,20). The highest BCUT2D eigenvalue weighted by Gasteiger charge is 2.20. The molecule has 0 bridgehead atoms.